The molecule has 2 heteroatoms. The Morgan fingerprint density at radius 3 is 2.60 bits per heavy atom. The Morgan fingerprint density at radius 1 is 2.00 bits per heavy atom. The number of hydrogen-bond donors (Lipinski definition) is 1. The smallest absolute Gasteiger partial charge is 0.0509 e. The van der Waals surface area contributed by atoms with Gasteiger partial charge < -0.3 is 5.21 Å². The molecule has 1 N–H and O–H groups in total. The summed E-state index contributed by atoms with van der Waals surface area (Å²) in [5.74, 6) is 0. The molecule has 0 unspecified atom stereocenters. The van der Waals surface area contributed by atoms with Gasteiger partial charge >= 0.3 is 0 Å². The third kappa shape index (κ3) is 3.47. The molecule has 0 aliphatic heterocycles. The van der Waals surface area contributed by atoms with Gasteiger partial charge in [-0.25, -0.2) is 0 Å². The zero-order chi connectivity index (χ0) is 9.28. The molecule has 0 saturated heterocycles. The molecule has 0 saturated carbocycles. The van der Waals surface area contributed by atoms with Gasteiger partial charge in [0.15, 0.2) is 0 Å². The number of oxime groups is 1. The molecule has 0 aromatic carbocycles. The van der Waals surface area contributed by atoms with E-state index in [1.807, 2.05) is 0 Å². The van der Waals surface area contributed by atoms with Crippen LogP contribution in [-0.2, 0) is 0 Å². The van der Waals surface area contributed by atoms with Crippen LogP contribution in [0.25, 0.3) is 0 Å². The Morgan fingerprint density at radius 2 is 2.60 bits per heavy atom. The largest absolute Gasteiger partial charge is 0.411 e. The molecule has 0 aliphatic rings. The maximum Gasteiger partial charge on any atom is 0.0509 e. The minimum atomic E-state index is -2.86. The highest BCUT2D eigenvalue weighted by molar-refractivity contribution is 5.78. The van der Waals surface area contributed by atoms with Crippen molar-refractivity contribution in [3.05, 3.63) is 0 Å². The van der Waals surface area contributed by atoms with E-state index in [1.54, 1.807) is 0 Å². The fraction of sp³-hybridized carbons (Fsp3) is 0.667. The summed E-state index contributed by atoms with van der Waals surface area (Å²) in [6, 6.07) is 0. The van der Waals surface area contributed by atoms with E-state index in [0.29, 0.717) is 0 Å². The summed E-state index contributed by atoms with van der Waals surface area (Å²) in [7, 11) is 0. The SMILES string of the molecule is [2H]C([2H])([2H])C(=NO)C([2H])([2H])[2H]. The van der Waals surface area contributed by atoms with E-state index in [1.165, 1.54) is 0 Å². The van der Waals surface area contributed by atoms with Gasteiger partial charge in [-0.1, -0.05) is 5.16 Å². The van der Waals surface area contributed by atoms with Crippen LogP contribution in [-0.4, -0.2) is 10.9 Å². The van der Waals surface area contributed by atoms with E-state index in [-0.39, 0.29) is 0 Å². The summed E-state index contributed by atoms with van der Waals surface area (Å²) in [5, 5.41) is 10.3. The van der Waals surface area contributed by atoms with Crippen LogP contribution >= 0.6 is 0 Å². The monoisotopic (exact) mass is 79.1 g/mol. The summed E-state index contributed by atoms with van der Waals surface area (Å²) in [4.78, 5) is 0. The van der Waals surface area contributed by atoms with Crippen LogP contribution in [0.15, 0.2) is 5.16 Å². The molecule has 5 heavy (non-hydrogen) atoms. The fourth-order valence-corrected chi connectivity index (χ4v) is 0. The molecule has 2 nitrogen and oxygen atoms in total. The number of nitrogens with zero attached hydrogens (tertiary/aromatic N) is 1. The Labute approximate surface area is 39.5 Å². The van der Waals surface area contributed by atoms with Crippen LogP contribution < -0.4 is 0 Å². The molecule has 0 amide bonds. The van der Waals surface area contributed by atoms with Crippen LogP contribution in [0.1, 0.15) is 21.9 Å². The van der Waals surface area contributed by atoms with Gasteiger partial charge in [-0.05, 0) is 13.7 Å². The van der Waals surface area contributed by atoms with Crippen molar-refractivity contribution in [1.82, 2.24) is 0 Å². The molecule has 0 heterocycles. The number of rotatable bonds is 0. The average molecular weight is 79.1 g/mol. The zero-order valence-corrected chi connectivity index (χ0v) is 2.39. The molecule has 0 aliphatic carbocycles. The van der Waals surface area contributed by atoms with E-state index >= 15 is 0 Å². The maximum atomic E-state index is 8.07. The molecule has 0 rings (SSSR count). The zero-order valence-electron chi connectivity index (χ0n) is 8.39. The van der Waals surface area contributed by atoms with Gasteiger partial charge in [-0.15, -0.1) is 0 Å². The molecule has 0 fully saturated rings. The minimum Gasteiger partial charge on any atom is -0.411 e. The molecular formula is C3H7NO. The highest BCUT2D eigenvalue weighted by atomic mass is 16.4. The molecule has 0 aromatic heterocycles. The number of hydrogen-bond acceptors (Lipinski definition) is 2. The fourth-order valence-electron chi connectivity index (χ4n) is 0. The van der Waals surface area contributed by atoms with Crippen molar-refractivity contribution in [2.45, 2.75) is 13.7 Å². The first-order valence-electron chi connectivity index (χ1n) is 3.92. The van der Waals surface area contributed by atoms with E-state index in [2.05, 4.69) is 5.16 Å². The highest BCUT2D eigenvalue weighted by Crippen LogP contribution is 1.62. The summed E-state index contributed by atoms with van der Waals surface area (Å²) in [6.07, 6.45) is 0. The minimum absolute atomic E-state index is 1.16. The predicted octanol–water partition coefficient (Wildman–Crippen LogP) is 0.856. The average Bonchev–Trinajstić information content (AvgIpc) is 1.56. The Hall–Kier alpha value is -0.530. The second-order valence-electron chi connectivity index (χ2n) is 0.449. The molecule has 0 aromatic rings. The first kappa shape index (κ1) is 0.600. The predicted molar refractivity (Wildman–Crippen MR) is 20.6 cm³/mol. The van der Waals surface area contributed by atoms with Crippen LogP contribution in [0, 0.1) is 0 Å². The van der Waals surface area contributed by atoms with E-state index < -0.39 is 19.4 Å². The summed E-state index contributed by atoms with van der Waals surface area (Å²) < 4.78 is 39.8. The van der Waals surface area contributed by atoms with Crippen molar-refractivity contribution in [2.75, 3.05) is 0 Å². The first-order chi connectivity index (χ1) is 4.69. The molecule has 30 valence electrons. The third-order valence-electron chi connectivity index (χ3n) is 0.100. The van der Waals surface area contributed by atoms with Gasteiger partial charge in [0, 0.05) is 8.22 Å². The lowest BCUT2D eigenvalue weighted by Gasteiger charge is -1.72. The molecule has 0 spiro atoms. The maximum absolute atomic E-state index is 8.07. The van der Waals surface area contributed by atoms with Crippen molar-refractivity contribution in [3.63, 3.8) is 0 Å². The summed E-state index contributed by atoms with van der Waals surface area (Å²) in [6.45, 7) is -5.72. The second-order valence-corrected chi connectivity index (χ2v) is 0.449. The van der Waals surface area contributed by atoms with Crippen molar-refractivity contribution in [2.24, 2.45) is 5.16 Å². The van der Waals surface area contributed by atoms with E-state index in [4.69, 9.17) is 13.4 Å². The van der Waals surface area contributed by atoms with Gasteiger partial charge in [0.05, 0.1) is 5.71 Å². The van der Waals surface area contributed by atoms with Crippen molar-refractivity contribution in [3.8, 4) is 0 Å². The Bertz CT molecular complexity index is 150. The van der Waals surface area contributed by atoms with Crippen LogP contribution in [0.5, 0.6) is 0 Å². The van der Waals surface area contributed by atoms with Gasteiger partial charge in [0.2, 0.25) is 0 Å². The summed E-state index contributed by atoms with van der Waals surface area (Å²) >= 11 is 0. The van der Waals surface area contributed by atoms with Gasteiger partial charge in [0.25, 0.3) is 0 Å². The van der Waals surface area contributed by atoms with Crippen molar-refractivity contribution < 1.29 is 13.4 Å². The van der Waals surface area contributed by atoms with Crippen LogP contribution in [0.3, 0.4) is 0 Å². The lowest BCUT2D eigenvalue weighted by molar-refractivity contribution is 0.318. The lowest BCUT2D eigenvalue weighted by atomic mass is 10.5. The quantitative estimate of drug-likeness (QED) is 0.260. The third-order valence-corrected chi connectivity index (χ3v) is 0.100. The topological polar surface area (TPSA) is 32.6 Å². The standard InChI is InChI=1S/C3H7NO/c1-3(2)4-5/h5H,1-2H3/i1D3,2D3. The first-order valence-corrected chi connectivity index (χ1v) is 0.924. The Balaban J connectivity index is 4.74. The lowest BCUT2D eigenvalue weighted by Crippen LogP contribution is -1.74. The van der Waals surface area contributed by atoms with Crippen LogP contribution in [0.2, 0.25) is 0 Å². The summed E-state index contributed by atoms with van der Waals surface area (Å²) in [5.41, 5.74) is -1.16. The van der Waals surface area contributed by atoms with Crippen molar-refractivity contribution in [1.29, 1.82) is 0 Å². The van der Waals surface area contributed by atoms with Crippen molar-refractivity contribution >= 4 is 5.71 Å². The van der Waals surface area contributed by atoms with Gasteiger partial charge in [-0.2, -0.15) is 0 Å². The Kier molecular flexibility index (Phi) is 0.211. The van der Waals surface area contributed by atoms with E-state index in [9.17, 15) is 0 Å². The highest BCUT2D eigenvalue weighted by Gasteiger charge is 1.65. The molecule has 0 bridgehead atoms. The van der Waals surface area contributed by atoms with Gasteiger partial charge in [0.1, 0.15) is 0 Å². The molecule has 0 radical (unpaired) electrons. The molecular weight excluding hydrogens is 66.0 g/mol. The second kappa shape index (κ2) is 1.76. The van der Waals surface area contributed by atoms with E-state index in [0.717, 1.165) is 0 Å². The normalized spacial score (nSPS) is 29.6. The molecule has 0 atom stereocenters. The van der Waals surface area contributed by atoms with Gasteiger partial charge in [-0.3, -0.25) is 0 Å². The van der Waals surface area contributed by atoms with Crippen LogP contribution in [0.4, 0.5) is 0 Å².